The molecule has 1 saturated heterocycles. The van der Waals surface area contributed by atoms with Crippen molar-refractivity contribution in [3.63, 3.8) is 0 Å². The number of para-hydroxylation sites is 2. The molecule has 2 aromatic heterocycles. The zero-order valence-corrected chi connectivity index (χ0v) is 19.3. The first kappa shape index (κ1) is 24.1. The summed E-state index contributed by atoms with van der Waals surface area (Å²) in [7, 11) is 1.65. The number of carbonyl (C=O) groups is 1. The highest BCUT2D eigenvalue weighted by Crippen LogP contribution is 2.41. The molecule has 3 aromatic rings. The van der Waals surface area contributed by atoms with Crippen molar-refractivity contribution in [2.45, 2.75) is 12.6 Å². The molecule has 1 N–H and O–H groups in total. The maximum absolute atomic E-state index is 13.5. The standard InChI is InChI=1S/C23H24F3N3O4S/c1-32-17-6-3-2-5-15(17)29-12-10-28(11-13-29)9-4-8-27-22(31)18-19-20(16(30)7-14-33-19)34-21(18)23(24,25)26/h2-3,5-7,14H,4,8-13H2,1H3,(H,27,31). The largest absolute Gasteiger partial charge is 0.495 e. The zero-order chi connectivity index (χ0) is 24.3. The minimum absolute atomic E-state index is 0.206. The van der Waals surface area contributed by atoms with Crippen LogP contribution in [0.15, 0.2) is 45.8 Å². The fraction of sp³-hybridized carbons (Fsp3) is 0.391. The molecule has 34 heavy (non-hydrogen) atoms. The molecule has 0 spiro atoms. The van der Waals surface area contributed by atoms with Gasteiger partial charge in [-0.1, -0.05) is 12.1 Å². The van der Waals surface area contributed by atoms with Crippen LogP contribution >= 0.6 is 11.3 Å². The van der Waals surface area contributed by atoms with Gasteiger partial charge in [0, 0.05) is 38.8 Å². The van der Waals surface area contributed by atoms with Gasteiger partial charge in [-0.15, -0.1) is 11.3 Å². The molecule has 0 radical (unpaired) electrons. The van der Waals surface area contributed by atoms with Gasteiger partial charge in [-0.05, 0) is 25.1 Å². The van der Waals surface area contributed by atoms with Crippen LogP contribution in [-0.2, 0) is 6.18 Å². The lowest BCUT2D eigenvalue weighted by molar-refractivity contribution is -0.134. The second-order valence-electron chi connectivity index (χ2n) is 7.86. The van der Waals surface area contributed by atoms with E-state index in [4.69, 9.17) is 9.15 Å². The molecule has 0 atom stereocenters. The molecule has 1 amide bonds. The maximum atomic E-state index is 13.5. The number of carbonyl (C=O) groups excluding carboxylic acids is 1. The molecular formula is C23H24F3N3O4S. The Balaban J connectivity index is 1.31. The summed E-state index contributed by atoms with van der Waals surface area (Å²) < 4.78 is 50.8. The van der Waals surface area contributed by atoms with E-state index in [0.29, 0.717) is 13.0 Å². The second-order valence-corrected chi connectivity index (χ2v) is 8.88. The van der Waals surface area contributed by atoms with Crippen molar-refractivity contribution < 1.29 is 27.1 Å². The highest BCUT2D eigenvalue weighted by molar-refractivity contribution is 7.19. The van der Waals surface area contributed by atoms with E-state index in [1.54, 1.807) is 7.11 Å². The van der Waals surface area contributed by atoms with E-state index in [-0.39, 0.29) is 28.2 Å². The maximum Gasteiger partial charge on any atom is 0.426 e. The monoisotopic (exact) mass is 495 g/mol. The Labute approximate surface area is 197 Å². The Hall–Kier alpha value is -3.05. The van der Waals surface area contributed by atoms with Crippen molar-refractivity contribution in [1.82, 2.24) is 10.2 Å². The van der Waals surface area contributed by atoms with Crippen LogP contribution in [0.4, 0.5) is 18.9 Å². The Bertz CT molecular complexity index is 1220. The second kappa shape index (κ2) is 10.1. The van der Waals surface area contributed by atoms with E-state index in [9.17, 15) is 22.8 Å². The number of rotatable bonds is 7. The number of piperazine rings is 1. The molecule has 4 rings (SSSR count). The summed E-state index contributed by atoms with van der Waals surface area (Å²) in [6, 6.07) is 8.89. The first-order chi connectivity index (χ1) is 16.3. The van der Waals surface area contributed by atoms with Gasteiger partial charge < -0.3 is 19.4 Å². The molecule has 0 aliphatic carbocycles. The number of hydrogen-bond donors (Lipinski definition) is 1. The normalized spacial score (nSPS) is 15.0. The predicted octanol–water partition coefficient (Wildman–Crippen LogP) is 3.82. The minimum atomic E-state index is -4.76. The number of fused-ring (bicyclic) bond motifs is 1. The molecule has 182 valence electrons. The number of hydrogen-bond acceptors (Lipinski definition) is 7. The van der Waals surface area contributed by atoms with E-state index < -0.39 is 28.0 Å². The van der Waals surface area contributed by atoms with Crippen molar-refractivity contribution in [1.29, 1.82) is 0 Å². The number of halogens is 3. The molecule has 0 bridgehead atoms. The first-order valence-corrected chi connectivity index (χ1v) is 11.6. The van der Waals surface area contributed by atoms with Crippen LogP contribution < -0.4 is 20.4 Å². The number of ether oxygens (including phenoxy) is 1. The van der Waals surface area contributed by atoms with Gasteiger partial charge in [0.25, 0.3) is 5.91 Å². The fourth-order valence-electron chi connectivity index (χ4n) is 4.03. The van der Waals surface area contributed by atoms with Crippen molar-refractivity contribution in [3.8, 4) is 5.75 Å². The van der Waals surface area contributed by atoms with Crippen molar-refractivity contribution >= 4 is 33.2 Å². The molecule has 7 nitrogen and oxygen atoms in total. The van der Waals surface area contributed by atoms with Gasteiger partial charge >= 0.3 is 6.18 Å². The van der Waals surface area contributed by atoms with Gasteiger partial charge in [0.05, 0.1) is 19.1 Å². The number of methoxy groups -OCH3 is 1. The number of nitrogens with zero attached hydrogens (tertiary/aromatic N) is 2. The number of benzene rings is 1. The molecule has 1 fully saturated rings. The Morgan fingerprint density at radius 3 is 2.62 bits per heavy atom. The summed E-state index contributed by atoms with van der Waals surface area (Å²) in [5.74, 6) is -0.0670. The van der Waals surface area contributed by atoms with Crippen LogP contribution in [-0.4, -0.2) is 57.2 Å². The van der Waals surface area contributed by atoms with E-state index in [0.717, 1.165) is 49.9 Å². The number of thiophene rings is 1. The summed E-state index contributed by atoms with van der Waals surface area (Å²) in [4.78, 5) is 27.9. The molecule has 0 unspecified atom stereocenters. The van der Waals surface area contributed by atoms with E-state index in [2.05, 4.69) is 15.1 Å². The molecule has 3 heterocycles. The molecule has 1 aliphatic heterocycles. The Kier molecular flexibility index (Phi) is 7.13. The number of amides is 1. The van der Waals surface area contributed by atoms with Gasteiger partial charge in [-0.3, -0.25) is 14.5 Å². The number of nitrogens with one attached hydrogen (secondary N) is 1. The highest BCUT2D eigenvalue weighted by Gasteiger charge is 2.40. The topological polar surface area (TPSA) is 75.0 Å². The van der Waals surface area contributed by atoms with Crippen molar-refractivity contribution in [2.24, 2.45) is 0 Å². The molecular weight excluding hydrogens is 471 g/mol. The van der Waals surface area contributed by atoms with Crippen LogP contribution in [0.1, 0.15) is 21.7 Å². The first-order valence-electron chi connectivity index (χ1n) is 10.8. The van der Waals surface area contributed by atoms with E-state index >= 15 is 0 Å². The summed E-state index contributed by atoms with van der Waals surface area (Å²) in [5, 5.41) is 2.55. The smallest absolute Gasteiger partial charge is 0.426 e. The van der Waals surface area contributed by atoms with Crippen LogP contribution in [0.5, 0.6) is 5.75 Å². The quantitative estimate of drug-likeness (QED) is 0.503. The molecule has 0 saturated carbocycles. The summed E-state index contributed by atoms with van der Waals surface area (Å²) >= 11 is 0.235. The number of alkyl halides is 3. The highest BCUT2D eigenvalue weighted by atomic mass is 32.1. The lowest BCUT2D eigenvalue weighted by Crippen LogP contribution is -2.47. The van der Waals surface area contributed by atoms with Gasteiger partial charge in [0.2, 0.25) is 5.43 Å². The predicted molar refractivity (Wildman–Crippen MR) is 124 cm³/mol. The lowest BCUT2D eigenvalue weighted by atomic mass is 10.2. The zero-order valence-electron chi connectivity index (χ0n) is 18.5. The third-order valence-electron chi connectivity index (χ3n) is 5.71. The lowest BCUT2D eigenvalue weighted by Gasteiger charge is -2.36. The SMILES string of the molecule is COc1ccccc1N1CCN(CCCNC(=O)c2c(C(F)(F)F)sc3c(=O)ccoc23)CC1. The average molecular weight is 496 g/mol. The van der Waals surface area contributed by atoms with Crippen LogP contribution in [0.2, 0.25) is 0 Å². The molecule has 11 heteroatoms. The Morgan fingerprint density at radius 2 is 1.91 bits per heavy atom. The Morgan fingerprint density at radius 1 is 1.18 bits per heavy atom. The fourth-order valence-corrected chi connectivity index (χ4v) is 5.05. The minimum Gasteiger partial charge on any atom is -0.495 e. The van der Waals surface area contributed by atoms with E-state index in [1.165, 1.54) is 0 Å². The third kappa shape index (κ3) is 5.05. The molecule has 1 aliphatic rings. The third-order valence-corrected chi connectivity index (χ3v) is 6.94. The van der Waals surface area contributed by atoms with Crippen LogP contribution in [0.3, 0.4) is 0 Å². The van der Waals surface area contributed by atoms with Crippen LogP contribution in [0, 0.1) is 0 Å². The molecule has 1 aromatic carbocycles. The number of anilines is 1. The summed E-state index contributed by atoms with van der Waals surface area (Å²) in [5.41, 5.74) is -0.513. The van der Waals surface area contributed by atoms with Gasteiger partial charge in [-0.25, -0.2) is 0 Å². The van der Waals surface area contributed by atoms with Crippen LogP contribution in [0.25, 0.3) is 10.3 Å². The average Bonchev–Trinajstić information content (AvgIpc) is 3.24. The summed E-state index contributed by atoms with van der Waals surface area (Å²) in [6.45, 7) is 4.20. The van der Waals surface area contributed by atoms with Gasteiger partial charge in [0.1, 0.15) is 20.9 Å². The van der Waals surface area contributed by atoms with E-state index in [1.807, 2.05) is 24.3 Å². The van der Waals surface area contributed by atoms with Crippen molar-refractivity contribution in [2.75, 3.05) is 51.3 Å². The van der Waals surface area contributed by atoms with Gasteiger partial charge in [-0.2, -0.15) is 13.2 Å². The van der Waals surface area contributed by atoms with Crippen molar-refractivity contribution in [3.05, 3.63) is 57.3 Å². The summed E-state index contributed by atoms with van der Waals surface area (Å²) in [6.07, 6.45) is -3.19. The van der Waals surface area contributed by atoms with Gasteiger partial charge in [0.15, 0.2) is 5.58 Å².